The predicted octanol–water partition coefficient (Wildman–Crippen LogP) is 2.41. The summed E-state index contributed by atoms with van der Waals surface area (Å²) in [5.74, 6) is 0.387. The number of H-pyrrole nitrogens is 1. The van der Waals surface area contributed by atoms with Crippen molar-refractivity contribution in [3.63, 3.8) is 0 Å². The highest BCUT2D eigenvalue weighted by atomic mass is 32.1. The van der Waals surface area contributed by atoms with E-state index < -0.39 is 0 Å². The third kappa shape index (κ3) is 2.63. The van der Waals surface area contributed by atoms with E-state index in [2.05, 4.69) is 15.3 Å². The molecular formula is C20H24N4O2S. The number of aromatic nitrogens is 2. The van der Waals surface area contributed by atoms with Gasteiger partial charge in [0.1, 0.15) is 0 Å². The quantitative estimate of drug-likeness (QED) is 0.790. The summed E-state index contributed by atoms with van der Waals surface area (Å²) < 4.78 is 0. The van der Waals surface area contributed by atoms with Gasteiger partial charge in [-0.3, -0.25) is 14.6 Å². The van der Waals surface area contributed by atoms with Crippen molar-refractivity contribution >= 4 is 23.2 Å². The van der Waals surface area contributed by atoms with Crippen LogP contribution in [0.15, 0.2) is 10.2 Å². The molecule has 1 spiro atoms. The first-order valence-corrected chi connectivity index (χ1v) is 10.7. The van der Waals surface area contributed by atoms with Crippen LogP contribution in [0.2, 0.25) is 0 Å². The number of carbonyl (C=O) groups excluding carboxylic acids is 1. The van der Waals surface area contributed by atoms with Crippen LogP contribution in [0.1, 0.15) is 64.2 Å². The largest absolute Gasteiger partial charge is 0.369 e. The fourth-order valence-corrected chi connectivity index (χ4v) is 6.26. The smallest absolute Gasteiger partial charge is 0.264 e. The molecule has 1 amide bonds. The highest BCUT2D eigenvalue weighted by Gasteiger charge is 2.44. The second-order valence-electron chi connectivity index (χ2n) is 8.13. The van der Waals surface area contributed by atoms with E-state index in [1.54, 1.807) is 11.3 Å². The molecule has 0 atom stereocenters. The van der Waals surface area contributed by atoms with Gasteiger partial charge in [-0.1, -0.05) is 0 Å². The number of likely N-dealkylation sites (tertiary alicyclic amines) is 1. The Morgan fingerprint density at radius 3 is 2.74 bits per heavy atom. The van der Waals surface area contributed by atoms with E-state index in [0.29, 0.717) is 0 Å². The standard InChI is InChI=1S/C20H24N4O2S/c21-19-22-16-14(17(25)23-19)5-6-20(16)7-9-24(10-8-20)18(26)15-13-4-2-1-3-12(13)11-27-15/h11H,1-10H2,(H3,21,22,23,25). The Balaban J connectivity index is 1.37. The molecule has 7 heteroatoms. The molecule has 5 rings (SSSR count). The van der Waals surface area contributed by atoms with E-state index in [4.69, 9.17) is 5.73 Å². The third-order valence-electron chi connectivity index (χ3n) is 6.70. The molecule has 0 unspecified atom stereocenters. The van der Waals surface area contributed by atoms with Crippen molar-refractivity contribution in [3.05, 3.63) is 43.0 Å². The van der Waals surface area contributed by atoms with Gasteiger partial charge in [-0.2, -0.15) is 0 Å². The lowest BCUT2D eigenvalue weighted by Gasteiger charge is -2.39. The molecule has 0 bridgehead atoms. The number of carbonyl (C=O) groups is 1. The van der Waals surface area contributed by atoms with Gasteiger partial charge in [-0.25, -0.2) is 4.98 Å². The predicted molar refractivity (Wildman–Crippen MR) is 105 cm³/mol. The summed E-state index contributed by atoms with van der Waals surface area (Å²) in [6.45, 7) is 1.44. The molecule has 6 nitrogen and oxygen atoms in total. The van der Waals surface area contributed by atoms with Crippen LogP contribution in [0, 0.1) is 0 Å². The van der Waals surface area contributed by atoms with E-state index in [1.807, 2.05) is 4.90 Å². The van der Waals surface area contributed by atoms with Crippen molar-refractivity contribution in [3.8, 4) is 0 Å². The highest BCUT2D eigenvalue weighted by molar-refractivity contribution is 7.12. The number of hydrogen-bond donors (Lipinski definition) is 2. The molecule has 2 aromatic heterocycles. The molecule has 0 aromatic carbocycles. The molecule has 1 saturated heterocycles. The van der Waals surface area contributed by atoms with Gasteiger partial charge in [-0.15, -0.1) is 11.3 Å². The number of nitrogen functional groups attached to an aromatic ring is 1. The molecule has 3 aliphatic rings. The van der Waals surface area contributed by atoms with Crippen LogP contribution in [0.5, 0.6) is 0 Å². The third-order valence-corrected chi connectivity index (χ3v) is 7.75. The molecular weight excluding hydrogens is 360 g/mol. The summed E-state index contributed by atoms with van der Waals surface area (Å²) in [7, 11) is 0. The van der Waals surface area contributed by atoms with Crippen LogP contribution in [0.3, 0.4) is 0 Å². The molecule has 1 aliphatic heterocycles. The zero-order chi connectivity index (χ0) is 18.6. The highest BCUT2D eigenvalue weighted by Crippen LogP contribution is 2.44. The Kier molecular flexibility index (Phi) is 3.89. The first-order chi connectivity index (χ1) is 13.1. The molecule has 27 heavy (non-hydrogen) atoms. The zero-order valence-corrected chi connectivity index (χ0v) is 16.2. The zero-order valence-electron chi connectivity index (χ0n) is 15.3. The summed E-state index contributed by atoms with van der Waals surface area (Å²) in [5.41, 5.74) is 9.95. The van der Waals surface area contributed by atoms with E-state index >= 15 is 0 Å². The normalized spacial score (nSPS) is 20.5. The van der Waals surface area contributed by atoms with Crippen LogP contribution in [0.4, 0.5) is 5.95 Å². The number of hydrogen-bond acceptors (Lipinski definition) is 5. The molecule has 0 saturated carbocycles. The van der Waals surface area contributed by atoms with Gasteiger partial charge in [-0.05, 0) is 67.9 Å². The first-order valence-electron chi connectivity index (χ1n) is 9.85. The average molecular weight is 385 g/mol. The minimum Gasteiger partial charge on any atom is -0.369 e. The second kappa shape index (κ2) is 6.19. The summed E-state index contributed by atoms with van der Waals surface area (Å²) >= 11 is 1.62. The summed E-state index contributed by atoms with van der Waals surface area (Å²) in [5, 5.41) is 2.18. The molecule has 1 fully saturated rings. The SMILES string of the molecule is Nc1nc2c(c(=O)[nH]1)CCC21CCN(C(=O)c2scc3c2CCCC3)CC1. The number of nitrogens with zero attached hydrogens (tertiary/aromatic N) is 2. The number of thiophene rings is 1. The Morgan fingerprint density at radius 2 is 1.93 bits per heavy atom. The van der Waals surface area contributed by atoms with Crippen molar-refractivity contribution in [2.75, 3.05) is 18.8 Å². The maximum absolute atomic E-state index is 13.1. The molecule has 3 heterocycles. The van der Waals surface area contributed by atoms with Gasteiger partial charge in [0, 0.05) is 24.1 Å². The number of rotatable bonds is 1. The monoisotopic (exact) mass is 384 g/mol. The number of fused-ring (bicyclic) bond motifs is 3. The minimum absolute atomic E-state index is 0.0939. The van der Waals surface area contributed by atoms with Crippen LogP contribution in [-0.2, 0) is 24.7 Å². The van der Waals surface area contributed by atoms with Crippen LogP contribution in [-0.4, -0.2) is 33.9 Å². The van der Waals surface area contributed by atoms with Crippen molar-refractivity contribution in [2.45, 2.75) is 56.8 Å². The van der Waals surface area contributed by atoms with E-state index in [1.165, 1.54) is 24.0 Å². The van der Waals surface area contributed by atoms with Gasteiger partial charge in [0.25, 0.3) is 11.5 Å². The number of piperidine rings is 1. The van der Waals surface area contributed by atoms with Crippen molar-refractivity contribution in [1.82, 2.24) is 14.9 Å². The maximum Gasteiger partial charge on any atom is 0.264 e. The molecule has 3 N–H and O–H groups in total. The summed E-state index contributed by atoms with van der Waals surface area (Å²) in [6, 6.07) is 0. The van der Waals surface area contributed by atoms with Crippen molar-refractivity contribution in [1.29, 1.82) is 0 Å². The fourth-order valence-electron chi connectivity index (χ4n) is 5.14. The Bertz CT molecular complexity index is 969. The lowest BCUT2D eigenvalue weighted by Crippen LogP contribution is -2.45. The molecule has 2 aromatic rings. The van der Waals surface area contributed by atoms with Gasteiger partial charge in [0.15, 0.2) is 0 Å². The summed E-state index contributed by atoms with van der Waals surface area (Å²) in [4.78, 5) is 35.4. The summed E-state index contributed by atoms with van der Waals surface area (Å²) in [6.07, 6.45) is 7.97. The fraction of sp³-hybridized carbons (Fsp3) is 0.550. The molecule has 142 valence electrons. The van der Waals surface area contributed by atoms with Gasteiger partial charge in [0.2, 0.25) is 5.95 Å². The number of amides is 1. The first kappa shape index (κ1) is 17.0. The van der Waals surface area contributed by atoms with E-state index in [0.717, 1.165) is 67.7 Å². The maximum atomic E-state index is 13.1. The van der Waals surface area contributed by atoms with E-state index in [9.17, 15) is 9.59 Å². The lowest BCUT2D eigenvalue weighted by atomic mass is 9.76. The van der Waals surface area contributed by atoms with E-state index in [-0.39, 0.29) is 22.8 Å². The topological polar surface area (TPSA) is 92.1 Å². The number of nitrogens with two attached hydrogens (primary N) is 1. The Hall–Kier alpha value is -2.15. The van der Waals surface area contributed by atoms with Crippen molar-refractivity contribution in [2.24, 2.45) is 0 Å². The number of aromatic amines is 1. The van der Waals surface area contributed by atoms with Crippen LogP contribution in [0.25, 0.3) is 0 Å². The lowest BCUT2D eigenvalue weighted by molar-refractivity contribution is 0.0667. The van der Waals surface area contributed by atoms with Crippen LogP contribution < -0.4 is 11.3 Å². The Labute approximate surface area is 161 Å². The number of aryl methyl sites for hydroxylation is 1. The average Bonchev–Trinajstić information content (AvgIpc) is 3.25. The minimum atomic E-state index is -0.0990. The number of nitrogens with one attached hydrogen (secondary N) is 1. The van der Waals surface area contributed by atoms with Crippen LogP contribution >= 0.6 is 11.3 Å². The molecule has 2 aliphatic carbocycles. The Morgan fingerprint density at radius 1 is 1.15 bits per heavy atom. The van der Waals surface area contributed by atoms with Crippen molar-refractivity contribution < 1.29 is 4.79 Å². The van der Waals surface area contributed by atoms with Gasteiger partial charge < -0.3 is 10.6 Å². The molecule has 0 radical (unpaired) electrons. The number of anilines is 1. The second-order valence-corrected chi connectivity index (χ2v) is 9.01. The van der Waals surface area contributed by atoms with Gasteiger partial charge >= 0.3 is 0 Å². The van der Waals surface area contributed by atoms with Gasteiger partial charge in [0.05, 0.1) is 10.6 Å².